The van der Waals surface area contributed by atoms with E-state index in [9.17, 15) is 22.8 Å². The van der Waals surface area contributed by atoms with Crippen LogP contribution in [0.5, 0.6) is 0 Å². The Labute approximate surface area is 144 Å². The summed E-state index contributed by atoms with van der Waals surface area (Å²) in [5.41, 5.74) is 0.209. The molecule has 0 spiro atoms. The fourth-order valence-electron chi connectivity index (χ4n) is 2.29. The summed E-state index contributed by atoms with van der Waals surface area (Å²) >= 11 is 0. The molecule has 2 aromatic rings. The molecule has 25 heavy (non-hydrogen) atoms. The number of hydrogen-bond acceptors (Lipinski definition) is 2. The maximum atomic E-state index is 12.8. The van der Waals surface area contributed by atoms with Gasteiger partial charge in [-0.3, -0.25) is 4.79 Å². The normalized spacial score (nSPS) is 11.7. The van der Waals surface area contributed by atoms with Crippen LogP contribution in [0.2, 0.25) is 0 Å². The fourth-order valence-corrected chi connectivity index (χ4v) is 2.29. The average Bonchev–Trinajstić information content (AvgIpc) is 2.57. The van der Waals surface area contributed by atoms with E-state index in [1.165, 1.54) is 19.1 Å². The van der Waals surface area contributed by atoms with Crippen LogP contribution < -0.4 is 0 Å². The van der Waals surface area contributed by atoms with Crippen LogP contribution in [0.1, 0.15) is 46.8 Å². The van der Waals surface area contributed by atoms with Gasteiger partial charge in [0.2, 0.25) is 0 Å². The molecule has 5 heteroatoms. The topological polar surface area (TPSA) is 34.1 Å². The molecule has 0 fully saturated rings. The lowest BCUT2D eigenvalue weighted by Crippen LogP contribution is -2.08. The maximum absolute atomic E-state index is 12.8. The molecule has 0 aliphatic rings. The van der Waals surface area contributed by atoms with E-state index in [4.69, 9.17) is 0 Å². The predicted octanol–water partition coefficient (Wildman–Crippen LogP) is 5.32. The monoisotopic (exact) mass is 346 g/mol. The molecule has 0 aliphatic carbocycles. The van der Waals surface area contributed by atoms with Gasteiger partial charge in [-0.2, -0.15) is 13.2 Å². The highest BCUT2D eigenvalue weighted by Gasteiger charge is 2.30. The van der Waals surface area contributed by atoms with Crippen LogP contribution in [0, 0.1) is 0 Å². The van der Waals surface area contributed by atoms with Crippen LogP contribution in [0.25, 0.3) is 6.08 Å². The van der Waals surface area contributed by atoms with Crippen LogP contribution >= 0.6 is 0 Å². The van der Waals surface area contributed by atoms with Crippen molar-refractivity contribution >= 4 is 17.6 Å². The van der Waals surface area contributed by atoms with E-state index in [1.807, 2.05) is 6.08 Å². The Morgan fingerprint density at radius 3 is 2.28 bits per heavy atom. The summed E-state index contributed by atoms with van der Waals surface area (Å²) in [4.78, 5) is 23.4. The van der Waals surface area contributed by atoms with Gasteiger partial charge in [0.05, 0.1) is 5.56 Å². The molecule has 0 saturated carbocycles. The molecule has 0 heterocycles. The summed E-state index contributed by atoms with van der Waals surface area (Å²) in [5, 5.41) is 0. The van der Waals surface area contributed by atoms with E-state index in [0.717, 1.165) is 17.7 Å². The molecule has 0 atom stereocenters. The number of hydrogen-bond donors (Lipinski definition) is 0. The summed E-state index contributed by atoms with van der Waals surface area (Å²) in [7, 11) is 0. The second-order valence-electron chi connectivity index (χ2n) is 5.68. The van der Waals surface area contributed by atoms with Crippen molar-refractivity contribution in [2.45, 2.75) is 25.9 Å². The SMILES string of the molecule is CC(=O)CC/C=C/c1cccc(C(=O)c2cccc(C(F)(F)F)c2)c1. The van der Waals surface area contributed by atoms with E-state index < -0.39 is 17.5 Å². The van der Waals surface area contributed by atoms with E-state index >= 15 is 0 Å². The largest absolute Gasteiger partial charge is 0.416 e. The van der Waals surface area contributed by atoms with Crippen LogP contribution in [-0.4, -0.2) is 11.6 Å². The Kier molecular flexibility index (Phi) is 5.91. The standard InChI is InChI=1S/C20H17F3O2/c1-14(24)6-2-3-7-15-8-4-9-16(12-15)19(25)17-10-5-11-18(13-17)20(21,22)23/h3-5,7-13H,2,6H2,1H3/b7-3+. The number of rotatable bonds is 6. The second-order valence-corrected chi connectivity index (χ2v) is 5.68. The molecule has 2 nitrogen and oxygen atoms in total. The summed E-state index contributed by atoms with van der Waals surface area (Å²) < 4.78 is 38.3. The molecule has 0 amide bonds. The minimum Gasteiger partial charge on any atom is -0.300 e. The number of allylic oxidation sites excluding steroid dienone is 1. The third-order valence-electron chi connectivity index (χ3n) is 3.57. The Hall–Kier alpha value is -2.69. The Bertz CT molecular complexity index is 805. The zero-order valence-electron chi connectivity index (χ0n) is 13.6. The number of carbonyl (C=O) groups is 2. The number of benzene rings is 2. The lowest BCUT2D eigenvalue weighted by atomic mass is 9.99. The smallest absolute Gasteiger partial charge is 0.300 e. The minimum atomic E-state index is -4.49. The number of Topliss-reactive ketones (excluding diaryl/α,β-unsaturated/α-hetero) is 1. The van der Waals surface area contributed by atoms with Crippen molar-refractivity contribution in [3.63, 3.8) is 0 Å². The van der Waals surface area contributed by atoms with Gasteiger partial charge in [0.15, 0.2) is 5.78 Å². The highest BCUT2D eigenvalue weighted by Crippen LogP contribution is 2.30. The van der Waals surface area contributed by atoms with E-state index in [1.54, 1.807) is 30.3 Å². The number of ketones is 2. The van der Waals surface area contributed by atoms with Gasteiger partial charge < -0.3 is 4.79 Å². The number of halogens is 3. The number of alkyl halides is 3. The third-order valence-corrected chi connectivity index (χ3v) is 3.57. The molecule has 0 bridgehead atoms. The lowest BCUT2D eigenvalue weighted by Gasteiger charge is -2.08. The summed E-state index contributed by atoms with van der Waals surface area (Å²) in [5.74, 6) is -0.372. The van der Waals surface area contributed by atoms with Gasteiger partial charge in [0, 0.05) is 17.5 Å². The highest BCUT2D eigenvalue weighted by molar-refractivity contribution is 6.09. The Morgan fingerprint density at radius 1 is 1.00 bits per heavy atom. The zero-order valence-corrected chi connectivity index (χ0v) is 13.6. The minimum absolute atomic E-state index is 0.00691. The van der Waals surface area contributed by atoms with Crippen molar-refractivity contribution in [1.82, 2.24) is 0 Å². The predicted molar refractivity (Wildman–Crippen MR) is 90.3 cm³/mol. The molecule has 2 aromatic carbocycles. The van der Waals surface area contributed by atoms with E-state index in [2.05, 4.69) is 0 Å². The van der Waals surface area contributed by atoms with Crippen LogP contribution in [0.15, 0.2) is 54.6 Å². The molecule has 2 rings (SSSR count). The molecule has 0 saturated heterocycles. The first-order chi connectivity index (χ1) is 11.8. The molecule has 0 N–H and O–H groups in total. The Balaban J connectivity index is 2.20. The van der Waals surface area contributed by atoms with Crippen LogP contribution in [0.3, 0.4) is 0 Å². The van der Waals surface area contributed by atoms with Crippen molar-refractivity contribution in [2.24, 2.45) is 0 Å². The first-order valence-corrected chi connectivity index (χ1v) is 7.75. The quantitative estimate of drug-likeness (QED) is 0.664. The molecule has 130 valence electrons. The van der Waals surface area contributed by atoms with Crippen molar-refractivity contribution < 1.29 is 22.8 Å². The van der Waals surface area contributed by atoms with Crippen molar-refractivity contribution in [3.8, 4) is 0 Å². The third kappa shape index (κ3) is 5.41. The summed E-state index contributed by atoms with van der Waals surface area (Å²) in [6.45, 7) is 1.52. The first-order valence-electron chi connectivity index (χ1n) is 7.75. The van der Waals surface area contributed by atoms with Crippen molar-refractivity contribution in [3.05, 3.63) is 76.9 Å². The van der Waals surface area contributed by atoms with Crippen LogP contribution in [-0.2, 0) is 11.0 Å². The van der Waals surface area contributed by atoms with Gasteiger partial charge in [0.25, 0.3) is 0 Å². The molecular formula is C20H17F3O2. The van der Waals surface area contributed by atoms with Gasteiger partial charge in [0.1, 0.15) is 5.78 Å². The first kappa shape index (κ1) is 18.6. The van der Waals surface area contributed by atoms with Gasteiger partial charge in [-0.1, -0.05) is 42.5 Å². The molecule has 0 radical (unpaired) electrons. The van der Waals surface area contributed by atoms with Gasteiger partial charge >= 0.3 is 6.18 Å². The lowest BCUT2D eigenvalue weighted by molar-refractivity contribution is -0.137. The Morgan fingerprint density at radius 2 is 1.64 bits per heavy atom. The maximum Gasteiger partial charge on any atom is 0.416 e. The molecular weight excluding hydrogens is 329 g/mol. The van der Waals surface area contributed by atoms with Crippen molar-refractivity contribution in [2.75, 3.05) is 0 Å². The van der Waals surface area contributed by atoms with E-state index in [0.29, 0.717) is 18.4 Å². The summed E-state index contributed by atoms with van der Waals surface area (Å²) in [6, 6.07) is 11.0. The van der Waals surface area contributed by atoms with Gasteiger partial charge in [-0.05, 0) is 37.1 Å². The van der Waals surface area contributed by atoms with Gasteiger partial charge in [-0.25, -0.2) is 0 Å². The number of carbonyl (C=O) groups excluding carboxylic acids is 2. The van der Waals surface area contributed by atoms with Crippen molar-refractivity contribution in [1.29, 1.82) is 0 Å². The van der Waals surface area contributed by atoms with Gasteiger partial charge in [-0.15, -0.1) is 0 Å². The highest BCUT2D eigenvalue weighted by atomic mass is 19.4. The molecule has 0 unspecified atom stereocenters. The zero-order chi connectivity index (χ0) is 18.4. The summed E-state index contributed by atoms with van der Waals surface area (Å²) in [6.07, 6.45) is 0.166. The average molecular weight is 346 g/mol. The molecule has 0 aliphatic heterocycles. The fraction of sp³-hybridized carbons (Fsp3) is 0.200. The second kappa shape index (κ2) is 7.92. The van der Waals surface area contributed by atoms with E-state index in [-0.39, 0.29) is 11.3 Å². The van der Waals surface area contributed by atoms with Crippen LogP contribution in [0.4, 0.5) is 13.2 Å². The molecule has 0 aromatic heterocycles.